The molecule has 0 heteroatoms. The molecule has 3 aromatic carbocycles. The summed E-state index contributed by atoms with van der Waals surface area (Å²) in [6.45, 7) is 4.65. The fourth-order valence-corrected chi connectivity index (χ4v) is 4.41. The zero-order valence-corrected chi connectivity index (χ0v) is 16.1. The molecule has 0 bridgehead atoms. The van der Waals surface area contributed by atoms with Crippen molar-refractivity contribution in [1.29, 1.82) is 0 Å². The summed E-state index contributed by atoms with van der Waals surface area (Å²) in [5.41, 5.74) is 8.60. The van der Waals surface area contributed by atoms with Gasteiger partial charge in [-0.05, 0) is 39.8 Å². The van der Waals surface area contributed by atoms with Crippen LogP contribution >= 0.6 is 0 Å². The molecule has 0 fully saturated rings. The lowest BCUT2D eigenvalue weighted by molar-refractivity contribution is 0.823. The summed E-state index contributed by atoms with van der Waals surface area (Å²) in [6.07, 6.45) is 5.73. The number of fused-ring (bicyclic) bond motifs is 1. The van der Waals surface area contributed by atoms with E-state index in [1.54, 1.807) is 5.57 Å². The SMILES string of the molecule is CCC1=C(C(/C=C/c2ccccc2)c2ccccc2)C(C)c2ccccc21. The van der Waals surface area contributed by atoms with Crippen molar-refractivity contribution in [3.63, 3.8) is 0 Å². The van der Waals surface area contributed by atoms with Crippen LogP contribution in [0, 0.1) is 0 Å². The van der Waals surface area contributed by atoms with Crippen LogP contribution in [0.15, 0.2) is 96.6 Å². The van der Waals surface area contributed by atoms with Crippen molar-refractivity contribution in [2.24, 2.45) is 0 Å². The van der Waals surface area contributed by atoms with Gasteiger partial charge in [0, 0.05) is 11.8 Å². The van der Waals surface area contributed by atoms with E-state index < -0.39 is 0 Å². The second kappa shape index (κ2) is 7.80. The molecule has 0 aromatic heterocycles. The van der Waals surface area contributed by atoms with Crippen LogP contribution in [0.4, 0.5) is 0 Å². The standard InChI is InChI=1S/C27H26/c1-3-23-26-17-11-10-16-24(26)20(2)27(23)25(22-14-8-5-9-15-22)19-18-21-12-6-4-7-13-21/h4-20,25H,3H2,1-2H3/b19-18+. The first-order valence-electron chi connectivity index (χ1n) is 9.90. The normalized spacial score (nSPS) is 17.3. The van der Waals surface area contributed by atoms with E-state index in [4.69, 9.17) is 0 Å². The fraction of sp³-hybridized carbons (Fsp3) is 0.185. The van der Waals surface area contributed by atoms with Gasteiger partial charge < -0.3 is 0 Å². The Morgan fingerprint density at radius 2 is 1.44 bits per heavy atom. The summed E-state index contributed by atoms with van der Waals surface area (Å²) in [4.78, 5) is 0. The highest BCUT2D eigenvalue weighted by atomic mass is 14.3. The van der Waals surface area contributed by atoms with E-state index in [1.807, 2.05) is 0 Å². The number of hydrogen-bond donors (Lipinski definition) is 0. The van der Waals surface area contributed by atoms with Gasteiger partial charge in [0.15, 0.2) is 0 Å². The minimum atomic E-state index is 0.295. The van der Waals surface area contributed by atoms with Gasteiger partial charge in [0.25, 0.3) is 0 Å². The van der Waals surface area contributed by atoms with Crippen LogP contribution < -0.4 is 0 Å². The van der Waals surface area contributed by atoms with Crippen LogP contribution in [0.25, 0.3) is 11.6 Å². The quantitative estimate of drug-likeness (QED) is 0.448. The lowest BCUT2D eigenvalue weighted by Gasteiger charge is -2.22. The van der Waals surface area contributed by atoms with Crippen molar-refractivity contribution in [3.05, 3.63) is 119 Å². The Bertz CT molecular complexity index is 961. The molecule has 2 atom stereocenters. The molecule has 0 heterocycles. The van der Waals surface area contributed by atoms with Gasteiger partial charge >= 0.3 is 0 Å². The summed E-state index contributed by atoms with van der Waals surface area (Å²) in [7, 11) is 0. The Hall–Kier alpha value is -2.86. The van der Waals surface area contributed by atoms with Gasteiger partial charge in [0.2, 0.25) is 0 Å². The largest absolute Gasteiger partial charge is 0.0723 e. The van der Waals surface area contributed by atoms with Gasteiger partial charge in [-0.3, -0.25) is 0 Å². The molecule has 1 aliphatic rings. The van der Waals surface area contributed by atoms with E-state index in [9.17, 15) is 0 Å². The zero-order valence-electron chi connectivity index (χ0n) is 16.1. The third-order valence-electron chi connectivity index (χ3n) is 5.70. The maximum absolute atomic E-state index is 2.39. The predicted molar refractivity (Wildman–Crippen MR) is 117 cm³/mol. The molecule has 4 rings (SSSR count). The predicted octanol–water partition coefficient (Wildman–Crippen LogP) is 7.46. The van der Waals surface area contributed by atoms with E-state index >= 15 is 0 Å². The van der Waals surface area contributed by atoms with Crippen LogP contribution in [0.1, 0.15) is 54.4 Å². The second-order valence-corrected chi connectivity index (χ2v) is 7.25. The van der Waals surface area contributed by atoms with Crippen molar-refractivity contribution in [2.75, 3.05) is 0 Å². The molecule has 134 valence electrons. The summed E-state index contributed by atoms with van der Waals surface area (Å²) in [5, 5.41) is 0. The molecular formula is C27H26. The lowest BCUT2D eigenvalue weighted by Crippen LogP contribution is -2.05. The van der Waals surface area contributed by atoms with Crippen molar-refractivity contribution in [3.8, 4) is 0 Å². The molecule has 1 aliphatic carbocycles. The molecular weight excluding hydrogens is 324 g/mol. The Morgan fingerprint density at radius 1 is 0.815 bits per heavy atom. The first kappa shape index (κ1) is 17.5. The highest BCUT2D eigenvalue weighted by molar-refractivity contribution is 5.80. The molecule has 3 aromatic rings. The monoisotopic (exact) mass is 350 g/mol. The van der Waals surface area contributed by atoms with Gasteiger partial charge in [-0.15, -0.1) is 0 Å². The molecule has 0 aliphatic heterocycles. The van der Waals surface area contributed by atoms with E-state index in [-0.39, 0.29) is 0 Å². The molecule has 0 radical (unpaired) electrons. The topological polar surface area (TPSA) is 0 Å². The average Bonchev–Trinajstić information content (AvgIpc) is 3.02. The van der Waals surface area contributed by atoms with Gasteiger partial charge in [-0.2, -0.15) is 0 Å². The summed E-state index contributed by atoms with van der Waals surface area (Å²) >= 11 is 0. The third kappa shape index (κ3) is 3.40. The molecule has 0 saturated carbocycles. The minimum Gasteiger partial charge on any atom is -0.0723 e. The fourth-order valence-electron chi connectivity index (χ4n) is 4.41. The van der Waals surface area contributed by atoms with Crippen LogP contribution in [0.3, 0.4) is 0 Å². The molecule has 0 nitrogen and oxygen atoms in total. The molecule has 2 unspecified atom stereocenters. The number of hydrogen-bond acceptors (Lipinski definition) is 0. The first-order valence-corrected chi connectivity index (χ1v) is 9.90. The molecule has 0 saturated heterocycles. The van der Waals surface area contributed by atoms with Gasteiger partial charge in [0.1, 0.15) is 0 Å². The molecule has 0 spiro atoms. The van der Waals surface area contributed by atoms with E-state index in [0.717, 1.165) is 6.42 Å². The third-order valence-corrected chi connectivity index (χ3v) is 5.70. The summed E-state index contributed by atoms with van der Waals surface area (Å²) in [6, 6.07) is 30.5. The Labute approximate surface area is 162 Å². The Balaban J connectivity index is 1.83. The maximum Gasteiger partial charge on any atom is 0.0243 e. The highest BCUT2D eigenvalue weighted by Gasteiger charge is 2.31. The Kier molecular flexibility index (Phi) is 5.07. The van der Waals surface area contributed by atoms with Crippen molar-refractivity contribution in [1.82, 2.24) is 0 Å². The van der Waals surface area contributed by atoms with Crippen molar-refractivity contribution in [2.45, 2.75) is 32.1 Å². The lowest BCUT2D eigenvalue weighted by atomic mass is 9.82. The molecule has 0 amide bonds. The number of allylic oxidation sites excluding steroid dienone is 3. The van der Waals surface area contributed by atoms with E-state index in [1.165, 1.54) is 27.8 Å². The smallest absolute Gasteiger partial charge is 0.0243 e. The van der Waals surface area contributed by atoms with Gasteiger partial charge in [-0.1, -0.05) is 111 Å². The Morgan fingerprint density at radius 3 is 2.15 bits per heavy atom. The van der Waals surface area contributed by atoms with Crippen LogP contribution in [0.5, 0.6) is 0 Å². The van der Waals surface area contributed by atoms with Crippen LogP contribution in [-0.2, 0) is 0 Å². The van der Waals surface area contributed by atoms with Crippen LogP contribution in [0.2, 0.25) is 0 Å². The zero-order chi connectivity index (χ0) is 18.6. The van der Waals surface area contributed by atoms with E-state index in [2.05, 4.69) is 111 Å². The maximum atomic E-state index is 2.39. The van der Waals surface area contributed by atoms with Crippen molar-refractivity contribution >= 4 is 11.6 Å². The van der Waals surface area contributed by atoms with Crippen molar-refractivity contribution < 1.29 is 0 Å². The second-order valence-electron chi connectivity index (χ2n) is 7.25. The number of benzene rings is 3. The van der Waals surface area contributed by atoms with Crippen LogP contribution in [-0.4, -0.2) is 0 Å². The minimum absolute atomic E-state index is 0.295. The van der Waals surface area contributed by atoms with E-state index in [0.29, 0.717) is 11.8 Å². The molecule has 0 N–H and O–H groups in total. The summed E-state index contributed by atoms with van der Waals surface area (Å²) in [5.74, 6) is 0.741. The number of rotatable bonds is 5. The average molecular weight is 351 g/mol. The first-order chi connectivity index (χ1) is 13.3. The van der Waals surface area contributed by atoms with Gasteiger partial charge in [0.05, 0.1) is 0 Å². The van der Waals surface area contributed by atoms with Gasteiger partial charge in [-0.25, -0.2) is 0 Å². The summed E-state index contributed by atoms with van der Waals surface area (Å²) < 4.78 is 0. The molecule has 27 heavy (non-hydrogen) atoms. The highest BCUT2D eigenvalue weighted by Crippen LogP contribution is 2.49.